The molecule has 0 saturated carbocycles. The Hall–Kier alpha value is -1.24. The Morgan fingerprint density at radius 2 is 2.17 bits per heavy atom. The van der Waals surface area contributed by atoms with Gasteiger partial charge in [0.2, 0.25) is 0 Å². The van der Waals surface area contributed by atoms with E-state index in [-0.39, 0.29) is 17.3 Å². The third kappa shape index (κ3) is 2.95. The minimum atomic E-state index is -4.39. The van der Waals surface area contributed by atoms with Crippen LogP contribution in [-0.2, 0) is 15.7 Å². The second-order valence-electron chi connectivity index (χ2n) is 3.97. The first-order valence-corrected chi connectivity index (χ1v) is 6.14. The summed E-state index contributed by atoms with van der Waals surface area (Å²) < 4.78 is 41.9. The highest BCUT2D eigenvalue weighted by Crippen LogP contribution is 2.33. The van der Waals surface area contributed by atoms with Crippen LogP contribution in [0.25, 0.3) is 0 Å². The van der Waals surface area contributed by atoms with Crippen LogP contribution in [0, 0.1) is 0 Å². The lowest BCUT2D eigenvalue weighted by Gasteiger charge is -2.08. The second-order valence-corrected chi connectivity index (χ2v) is 5.20. The van der Waals surface area contributed by atoms with Gasteiger partial charge in [0.1, 0.15) is 11.4 Å². The normalized spacial score (nSPS) is 24.1. The zero-order valence-electron chi connectivity index (χ0n) is 9.40. The van der Waals surface area contributed by atoms with E-state index >= 15 is 0 Å². The van der Waals surface area contributed by atoms with Crippen molar-refractivity contribution < 1.29 is 22.7 Å². The highest BCUT2D eigenvalue weighted by molar-refractivity contribution is 8.00. The van der Waals surface area contributed by atoms with E-state index < -0.39 is 11.7 Å². The highest BCUT2D eigenvalue weighted by Gasteiger charge is 2.34. The maximum atomic E-state index is 12.3. The fourth-order valence-electron chi connectivity index (χ4n) is 1.58. The number of carbonyl (C=O) groups excluding carboxylic acids is 1. The molecular formula is C11H10F3NO2S. The molecule has 0 amide bonds. The molecule has 0 spiro atoms. The molecule has 0 aromatic carbocycles. The maximum Gasteiger partial charge on any atom is 0.417 e. The zero-order chi connectivity index (χ0) is 13.3. The Bertz CT molecular complexity index is 447. The van der Waals surface area contributed by atoms with Gasteiger partial charge in [-0.15, -0.1) is 0 Å². The van der Waals surface area contributed by atoms with Crippen molar-refractivity contribution in [1.29, 1.82) is 0 Å². The van der Waals surface area contributed by atoms with Crippen LogP contribution < -0.4 is 0 Å². The minimum absolute atomic E-state index is 0.149. The van der Waals surface area contributed by atoms with Crippen molar-refractivity contribution in [3.05, 3.63) is 23.9 Å². The summed E-state index contributed by atoms with van der Waals surface area (Å²) >= 11 is 1.13. The van der Waals surface area contributed by atoms with E-state index in [1.165, 1.54) is 6.07 Å². The lowest BCUT2D eigenvalue weighted by Crippen LogP contribution is -2.10. The van der Waals surface area contributed by atoms with Crippen molar-refractivity contribution in [2.75, 3.05) is 0 Å². The molecule has 2 atom stereocenters. The first-order valence-electron chi connectivity index (χ1n) is 5.26. The number of thioether (sulfide) groups is 1. The van der Waals surface area contributed by atoms with Crippen molar-refractivity contribution in [2.45, 2.75) is 35.9 Å². The number of pyridine rings is 1. The molecule has 2 heterocycles. The number of carbonyl (C=O) groups is 1. The van der Waals surface area contributed by atoms with Crippen LogP contribution in [0.3, 0.4) is 0 Å². The smallest absolute Gasteiger partial charge is 0.417 e. The Balaban J connectivity index is 2.05. The van der Waals surface area contributed by atoms with Crippen molar-refractivity contribution in [3.63, 3.8) is 0 Å². The van der Waals surface area contributed by atoms with Crippen LogP contribution in [0.15, 0.2) is 23.4 Å². The third-order valence-electron chi connectivity index (χ3n) is 2.45. The third-order valence-corrected chi connectivity index (χ3v) is 3.61. The lowest BCUT2D eigenvalue weighted by molar-refractivity contribution is -0.140. The summed E-state index contributed by atoms with van der Waals surface area (Å²) in [6.07, 6.45) is -3.22. The summed E-state index contributed by atoms with van der Waals surface area (Å²) in [5.74, 6) is -0.339. The molecule has 0 N–H and O–H groups in total. The molecule has 1 aliphatic rings. The Labute approximate surface area is 106 Å². The highest BCUT2D eigenvalue weighted by atomic mass is 32.2. The van der Waals surface area contributed by atoms with E-state index in [1.54, 1.807) is 6.92 Å². The largest absolute Gasteiger partial charge is 0.462 e. The van der Waals surface area contributed by atoms with Crippen LogP contribution in [0.1, 0.15) is 18.9 Å². The fourth-order valence-corrected chi connectivity index (χ4v) is 2.65. The SMILES string of the molecule is CC1CC(Sc2ccc(C(F)(F)F)cn2)C(=O)O1. The van der Waals surface area contributed by atoms with Crippen molar-refractivity contribution in [3.8, 4) is 0 Å². The van der Waals surface area contributed by atoms with Crippen LogP contribution in [0.5, 0.6) is 0 Å². The summed E-state index contributed by atoms with van der Waals surface area (Å²) in [7, 11) is 0. The van der Waals surface area contributed by atoms with Gasteiger partial charge in [0.05, 0.1) is 10.6 Å². The quantitative estimate of drug-likeness (QED) is 0.779. The number of ether oxygens (including phenoxy) is 1. The van der Waals surface area contributed by atoms with Gasteiger partial charge in [0, 0.05) is 12.6 Å². The van der Waals surface area contributed by atoms with Gasteiger partial charge in [-0.05, 0) is 19.1 Å². The molecule has 18 heavy (non-hydrogen) atoms. The topological polar surface area (TPSA) is 39.2 Å². The maximum absolute atomic E-state index is 12.3. The second kappa shape index (κ2) is 4.79. The Kier molecular flexibility index (Phi) is 3.52. The number of alkyl halides is 3. The number of rotatable bonds is 2. The van der Waals surface area contributed by atoms with Gasteiger partial charge >= 0.3 is 12.1 Å². The van der Waals surface area contributed by atoms with Gasteiger partial charge in [0.15, 0.2) is 0 Å². The molecule has 2 rings (SSSR count). The average Bonchev–Trinajstić information content (AvgIpc) is 2.57. The molecule has 0 bridgehead atoms. The van der Waals surface area contributed by atoms with Gasteiger partial charge in [-0.1, -0.05) is 11.8 Å². The van der Waals surface area contributed by atoms with Gasteiger partial charge in [0.25, 0.3) is 0 Å². The molecule has 1 aromatic rings. The molecule has 0 radical (unpaired) electrons. The molecule has 98 valence electrons. The van der Waals surface area contributed by atoms with E-state index in [1.807, 2.05) is 0 Å². The van der Waals surface area contributed by atoms with E-state index in [0.29, 0.717) is 11.4 Å². The van der Waals surface area contributed by atoms with Gasteiger partial charge in [-0.25, -0.2) is 4.98 Å². The Morgan fingerprint density at radius 3 is 2.61 bits per heavy atom. The first kappa shape index (κ1) is 13.2. The number of esters is 1. The molecule has 0 aliphatic carbocycles. The predicted molar refractivity (Wildman–Crippen MR) is 59.1 cm³/mol. The summed E-state index contributed by atoms with van der Waals surface area (Å²) in [6, 6.07) is 2.23. The predicted octanol–water partition coefficient (Wildman–Crippen LogP) is 2.90. The van der Waals surface area contributed by atoms with Crippen LogP contribution >= 0.6 is 11.8 Å². The standard InChI is InChI=1S/C11H10F3NO2S/c1-6-4-8(10(16)17-6)18-9-3-2-7(5-15-9)11(12,13)14/h2-3,5-6,8H,4H2,1H3. The van der Waals surface area contributed by atoms with Crippen LogP contribution in [0.2, 0.25) is 0 Å². The molecule has 1 aliphatic heterocycles. The molecule has 1 aromatic heterocycles. The number of hydrogen-bond donors (Lipinski definition) is 0. The molecular weight excluding hydrogens is 267 g/mol. The van der Waals surface area contributed by atoms with Crippen molar-refractivity contribution in [2.24, 2.45) is 0 Å². The molecule has 3 nitrogen and oxygen atoms in total. The number of nitrogens with zero attached hydrogens (tertiary/aromatic N) is 1. The van der Waals surface area contributed by atoms with Crippen LogP contribution in [-0.4, -0.2) is 22.3 Å². The Morgan fingerprint density at radius 1 is 1.44 bits per heavy atom. The fraction of sp³-hybridized carbons (Fsp3) is 0.455. The van der Waals surface area contributed by atoms with Crippen molar-refractivity contribution in [1.82, 2.24) is 4.98 Å². The average molecular weight is 277 g/mol. The summed E-state index contributed by atoms with van der Waals surface area (Å²) in [6.45, 7) is 1.78. The molecule has 2 unspecified atom stereocenters. The molecule has 1 saturated heterocycles. The summed E-state index contributed by atoms with van der Waals surface area (Å²) in [4.78, 5) is 15.1. The number of hydrogen-bond acceptors (Lipinski definition) is 4. The first-order chi connectivity index (χ1) is 8.36. The van der Waals surface area contributed by atoms with E-state index in [9.17, 15) is 18.0 Å². The van der Waals surface area contributed by atoms with E-state index in [0.717, 1.165) is 24.0 Å². The minimum Gasteiger partial charge on any atom is -0.462 e. The summed E-state index contributed by atoms with van der Waals surface area (Å²) in [5, 5.41) is 0.00304. The van der Waals surface area contributed by atoms with Gasteiger partial charge in [-0.3, -0.25) is 4.79 Å². The lowest BCUT2D eigenvalue weighted by atomic mass is 10.3. The number of halogens is 3. The molecule has 1 fully saturated rings. The zero-order valence-corrected chi connectivity index (χ0v) is 10.2. The molecule has 7 heteroatoms. The summed E-state index contributed by atoms with van der Waals surface area (Å²) in [5.41, 5.74) is -0.797. The van der Waals surface area contributed by atoms with Gasteiger partial charge < -0.3 is 4.74 Å². The van der Waals surface area contributed by atoms with Gasteiger partial charge in [-0.2, -0.15) is 13.2 Å². The monoisotopic (exact) mass is 277 g/mol. The number of cyclic esters (lactones) is 1. The number of aromatic nitrogens is 1. The van der Waals surface area contributed by atoms with Crippen molar-refractivity contribution >= 4 is 17.7 Å². The van der Waals surface area contributed by atoms with E-state index in [4.69, 9.17) is 4.74 Å². The van der Waals surface area contributed by atoms with Crippen LogP contribution in [0.4, 0.5) is 13.2 Å². The van der Waals surface area contributed by atoms with E-state index in [2.05, 4.69) is 4.98 Å².